The Hall–Kier alpha value is -0.240. The summed E-state index contributed by atoms with van der Waals surface area (Å²) in [4.78, 5) is 11.1. The molecule has 0 aliphatic carbocycles. The first-order valence-electron chi connectivity index (χ1n) is 5.54. The third kappa shape index (κ3) is 8.36. The standard InChI is InChI=1S/C12H22OS/c1-4-6-8-11(3)9-7-10-12(13)14-5-2/h7,10-11H,4-6,8-9H2,1-3H3/b10-7+. The lowest BCUT2D eigenvalue weighted by atomic mass is 10.0. The van der Waals surface area contributed by atoms with Gasteiger partial charge in [-0.15, -0.1) is 0 Å². The molecule has 1 unspecified atom stereocenters. The van der Waals surface area contributed by atoms with Gasteiger partial charge in [0.05, 0.1) is 0 Å². The minimum absolute atomic E-state index is 0.190. The molecule has 0 aliphatic heterocycles. The van der Waals surface area contributed by atoms with Crippen molar-refractivity contribution in [3.63, 3.8) is 0 Å². The van der Waals surface area contributed by atoms with Gasteiger partial charge in [0.25, 0.3) is 0 Å². The lowest BCUT2D eigenvalue weighted by Gasteiger charge is -2.06. The maximum Gasteiger partial charge on any atom is 0.211 e. The van der Waals surface area contributed by atoms with Crippen LogP contribution in [-0.2, 0) is 4.79 Å². The maximum absolute atomic E-state index is 11.1. The van der Waals surface area contributed by atoms with Gasteiger partial charge >= 0.3 is 0 Å². The largest absolute Gasteiger partial charge is 0.282 e. The monoisotopic (exact) mass is 214 g/mol. The van der Waals surface area contributed by atoms with Crippen LogP contribution in [-0.4, -0.2) is 10.9 Å². The summed E-state index contributed by atoms with van der Waals surface area (Å²) in [6.07, 6.45) is 8.61. The van der Waals surface area contributed by atoms with Crippen molar-refractivity contribution in [3.05, 3.63) is 12.2 Å². The molecule has 0 saturated carbocycles. The first-order valence-corrected chi connectivity index (χ1v) is 6.52. The van der Waals surface area contributed by atoms with Crippen molar-refractivity contribution in [2.45, 2.75) is 46.5 Å². The Morgan fingerprint density at radius 3 is 2.71 bits per heavy atom. The highest BCUT2D eigenvalue weighted by atomic mass is 32.2. The molecule has 0 aromatic rings. The average molecular weight is 214 g/mol. The fourth-order valence-corrected chi connectivity index (χ4v) is 1.73. The molecule has 0 fully saturated rings. The van der Waals surface area contributed by atoms with E-state index in [2.05, 4.69) is 13.8 Å². The van der Waals surface area contributed by atoms with E-state index in [9.17, 15) is 4.79 Å². The molecule has 0 N–H and O–H groups in total. The van der Waals surface area contributed by atoms with Gasteiger partial charge in [-0.3, -0.25) is 4.79 Å². The van der Waals surface area contributed by atoms with Crippen molar-refractivity contribution >= 4 is 16.9 Å². The smallest absolute Gasteiger partial charge is 0.211 e. The number of hydrogen-bond acceptors (Lipinski definition) is 2. The van der Waals surface area contributed by atoms with Crippen LogP contribution in [0.2, 0.25) is 0 Å². The molecule has 0 rings (SSSR count). The molecule has 0 saturated heterocycles. The van der Waals surface area contributed by atoms with Crippen molar-refractivity contribution in [3.8, 4) is 0 Å². The van der Waals surface area contributed by atoms with Gasteiger partial charge in [-0.1, -0.05) is 57.9 Å². The van der Waals surface area contributed by atoms with Gasteiger partial charge in [0.15, 0.2) is 0 Å². The van der Waals surface area contributed by atoms with E-state index in [0.29, 0.717) is 5.92 Å². The number of thioether (sulfide) groups is 1. The average Bonchev–Trinajstić information content (AvgIpc) is 2.15. The molecule has 0 heterocycles. The molecule has 0 amide bonds. The Kier molecular flexibility index (Phi) is 9.16. The summed E-state index contributed by atoms with van der Waals surface area (Å²) in [5, 5.41) is 0.190. The number of unbranched alkanes of at least 4 members (excludes halogenated alkanes) is 1. The second-order valence-corrected chi connectivity index (χ2v) is 4.91. The molecule has 0 aromatic heterocycles. The predicted octanol–water partition coefficient (Wildman–Crippen LogP) is 4.04. The quantitative estimate of drug-likeness (QED) is 0.595. The molecule has 0 spiro atoms. The van der Waals surface area contributed by atoms with Crippen LogP contribution in [0.25, 0.3) is 0 Å². The Bertz CT molecular complexity index is 175. The molecular formula is C12H22OS. The highest BCUT2D eigenvalue weighted by Crippen LogP contribution is 2.12. The van der Waals surface area contributed by atoms with Crippen LogP contribution in [0.5, 0.6) is 0 Å². The van der Waals surface area contributed by atoms with E-state index in [-0.39, 0.29) is 5.12 Å². The first kappa shape index (κ1) is 13.8. The number of carbonyl (C=O) groups excluding carboxylic acids is 1. The van der Waals surface area contributed by atoms with Crippen LogP contribution >= 0.6 is 11.8 Å². The zero-order valence-corrected chi connectivity index (χ0v) is 10.4. The molecule has 0 bridgehead atoms. The second-order valence-electron chi connectivity index (χ2n) is 3.64. The van der Waals surface area contributed by atoms with Gasteiger partial charge < -0.3 is 0 Å². The minimum Gasteiger partial charge on any atom is -0.282 e. The fourth-order valence-electron chi connectivity index (χ4n) is 1.26. The number of rotatable bonds is 7. The lowest BCUT2D eigenvalue weighted by Crippen LogP contribution is -1.93. The van der Waals surface area contributed by atoms with Crippen LogP contribution in [0.4, 0.5) is 0 Å². The molecule has 2 heteroatoms. The van der Waals surface area contributed by atoms with Crippen LogP contribution in [0.15, 0.2) is 12.2 Å². The van der Waals surface area contributed by atoms with Crippen LogP contribution < -0.4 is 0 Å². The minimum atomic E-state index is 0.190. The van der Waals surface area contributed by atoms with Gasteiger partial charge in [-0.25, -0.2) is 0 Å². The van der Waals surface area contributed by atoms with Crippen LogP contribution in [0, 0.1) is 5.92 Å². The van der Waals surface area contributed by atoms with Gasteiger partial charge in [0, 0.05) is 0 Å². The van der Waals surface area contributed by atoms with Crippen molar-refractivity contribution < 1.29 is 4.79 Å². The van der Waals surface area contributed by atoms with Crippen LogP contribution in [0.3, 0.4) is 0 Å². The summed E-state index contributed by atoms with van der Waals surface area (Å²) in [7, 11) is 0. The maximum atomic E-state index is 11.1. The van der Waals surface area contributed by atoms with Crippen LogP contribution in [0.1, 0.15) is 46.5 Å². The molecule has 0 radical (unpaired) electrons. The van der Waals surface area contributed by atoms with Crippen molar-refractivity contribution in [1.29, 1.82) is 0 Å². The second kappa shape index (κ2) is 9.32. The van der Waals surface area contributed by atoms with Gasteiger partial charge in [-0.05, 0) is 24.2 Å². The zero-order chi connectivity index (χ0) is 10.8. The normalized spacial score (nSPS) is 13.4. The van der Waals surface area contributed by atoms with Gasteiger partial charge in [-0.2, -0.15) is 0 Å². The Morgan fingerprint density at radius 1 is 1.43 bits per heavy atom. The van der Waals surface area contributed by atoms with E-state index in [1.54, 1.807) is 6.08 Å². The highest BCUT2D eigenvalue weighted by Gasteiger charge is 1.99. The predicted molar refractivity (Wildman–Crippen MR) is 65.6 cm³/mol. The third-order valence-corrected chi connectivity index (χ3v) is 2.84. The van der Waals surface area contributed by atoms with Crippen molar-refractivity contribution in [2.75, 3.05) is 5.75 Å². The van der Waals surface area contributed by atoms with Crippen molar-refractivity contribution in [1.82, 2.24) is 0 Å². The Balaban J connectivity index is 3.54. The zero-order valence-electron chi connectivity index (χ0n) is 9.58. The number of allylic oxidation sites excluding steroid dienone is 1. The molecule has 82 valence electrons. The topological polar surface area (TPSA) is 17.1 Å². The van der Waals surface area contributed by atoms with E-state index in [1.807, 2.05) is 13.0 Å². The van der Waals surface area contributed by atoms with Gasteiger partial charge in [0.2, 0.25) is 5.12 Å². The Morgan fingerprint density at radius 2 is 2.14 bits per heavy atom. The lowest BCUT2D eigenvalue weighted by molar-refractivity contribution is -0.107. The summed E-state index contributed by atoms with van der Waals surface area (Å²) in [5.74, 6) is 1.58. The summed E-state index contributed by atoms with van der Waals surface area (Å²) in [5.41, 5.74) is 0. The number of carbonyl (C=O) groups is 1. The molecule has 0 aromatic carbocycles. The van der Waals surface area contributed by atoms with Crippen molar-refractivity contribution in [2.24, 2.45) is 5.92 Å². The molecule has 0 aliphatic rings. The Labute approximate surface area is 92.3 Å². The van der Waals surface area contributed by atoms with E-state index >= 15 is 0 Å². The first-order chi connectivity index (χ1) is 6.70. The molecule has 1 atom stereocenters. The summed E-state index contributed by atoms with van der Waals surface area (Å²) < 4.78 is 0. The molecule has 1 nitrogen and oxygen atoms in total. The van der Waals surface area contributed by atoms with E-state index < -0.39 is 0 Å². The number of hydrogen-bond donors (Lipinski definition) is 0. The summed E-state index contributed by atoms with van der Waals surface area (Å²) in [6.45, 7) is 6.46. The molecular weight excluding hydrogens is 192 g/mol. The van der Waals surface area contributed by atoms with E-state index in [0.717, 1.165) is 12.2 Å². The highest BCUT2D eigenvalue weighted by molar-refractivity contribution is 8.14. The van der Waals surface area contributed by atoms with E-state index in [1.165, 1.54) is 31.0 Å². The summed E-state index contributed by atoms with van der Waals surface area (Å²) >= 11 is 1.38. The van der Waals surface area contributed by atoms with Gasteiger partial charge in [0.1, 0.15) is 0 Å². The van der Waals surface area contributed by atoms with E-state index in [4.69, 9.17) is 0 Å². The fraction of sp³-hybridized carbons (Fsp3) is 0.750. The SMILES string of the molecule is CCCCC(C)C/C=C/C(=O)SCC. The third-order valence-electron chi connectivity index (χ3n) is 2.13. The summed E-state index contributed by atoms with van der Waals surface area (Å²) in [6, 6.07) is 0. The molecule has 14 heavy (non-hydrogen) atoms.